The van der Waals surface area contributed by atoms with Crippen molar-refractivity contribution in [3.8, 4) is 11.3 Å². The predicted octanol–water partition coefficient (Wildman–Crippen LogP) is 4.84. The van der Waals surface area contributed by atoms with Gasteiger partial charge in [-0.3, -0.25) is 9.78 Å². The first-order chi connectivity index (χ1) is 23.3. The van der Waals surface area contributed by atoms with E-state index in [2.05, 4.69) is 62.5 Å². The number of amides is 1. The molecule has 0 atom stereocenters. The number of anilines is 4. The van der Waals surface area contributed by atoms with E-state index in [4.69, 9.17) is 20.4 Å². The lowest BCUT2D eigenvalue weighted by molar-refractivity contribution is -0.0419. The van der Waals surface area contributed by atoms with Crippen molar-refractivity contribution >= 4 is 28.9 Å². The first kappa shape index (κ1) is 32.7. The standard InChI is InChI=1S/C37H51N9O2/c1-4-26-22-29(5-6-31(26)46-15-8-30(9-16-46)45-17-12-37(13-18-45)23-44(3)24-37)41-36-33(34(38)47)42-32(27-7-14-39-25(2)21-27)35(43-36)40-28-10-19-48-20-11-28/h5-7,14,21-22,28,30H,4,8-13,15-20,23-24H2,1-3H3,(H2,38,47)(H2,40,41,43). The highest BCUT2D eigenvalue weighted by atomic mass is 16.5. The van der Waals surface area contributed by atoms with Gasteiger partial charge in [-0.2, -0.15) is 0 Å². The Morgan fingerprint density at radius 2 is 1.75 bits per heavy atom. The van der Waals surface area contributed by atoms with Crippen molar-refractivity contribution in [1.29, 1.82) is 0 Å². The monoisotopic (exact) mass is 653 g/mol. The van der Waals surface area contributed by atoms with Crippen LogP contribution in [0.15, 0.2) is 36.5 Å². The summed E-state index contributed by atoms with van der Waals surface area (Å²) in [5, 5.41) is 7.01. The molecule has 4 fully saturated rings. The van der Waals surface area contributed by atoms with E-state index in [9.17, 15) is 4.79 Å². The number of primary amides is 1. The number of rotatable bonds is 9. The smallest absolute Gasteiger partial charge is 0.271 e. The second-order valence-electron chi connectivity index (χ2n) is 14.4. The number of nitrogens with zero attached hydrogens (tertiary/aromatic N) is 6. The number of likely N-dealkylation sites (tertiary alicyclic amines) is 2. The summed E-state index contributed by atoms with van der Waals surface area (Å²) in [7, 11) is 2.25. The van der Waals surface area contributed by atoms with Crippen molar-refractivity contribution < 1.29 is 9.53 Å². The number of nitrogens with one attached hydrogen (secondary N) is 2. The first-order valence-corrected chi connectivity index (χ1v) is 17.9. The van der Waals surface area contributed by atoms with Gasteiger partial charge in [-0.25, -0.2) is 9.97 Å². The average molecular weight is 654 g/mol. The van der Waals surface area contributed by atoms with E-state index in [-0.39, 0.29) is 11.7 Å². The van der Waals surface area contributed by atoms with Gasteiger partial charge in [0, 0.05) is 80.3 Å². The molecule has 0 unspecified atom stereocenters. The lowest BCUT2D eigenvalue weighted by Gasteiger charge is -2.54. The van der Waals surface area contributed by atoms with Crippen molar-refractivity contribution in [2.24, 2.45) is 11.1 Å². The molecule has 4 aliphatic rings. The number of hydrogen-bond acceptors (Lipinski definition) is 10. The van der Waals surface area contributed by atoms with Crippen LogP contribution in [0.1, 0.15) is 67.2 Å². The number of piperidine rings is 2. The zero-order valence-electron chi connectivity index (χ0n) is 28.8. The van der Waals surface area contributed by atoms with Crippen molar-refractivity contribution in [2.75, 3.05) is 75.1 Å². The molecule has 0 bridgehead atoms. The molecule has 1 amide bonds. The average Bonchev–Trinajstić information content (AvgIpc) is 3.08. The maximum absolute atomic E-state index is 12.8. The van der Waals surface area contributed by atoms with Gasteiger partial charge in [0.25, 0.3) is 5.91 Å². The number of aryl methyl sites for hydroxylation is 2. The molecule has 0 saturated carbocycles. The van der Waals surface area contributed by atoms with Crippen LogP contribution < -0.4 is 21.3 Å². The van der Waals surface area contributed by atoms with Gasteiger partial charge in [0.05, 0.1) is 0 Å². The molecule has 4 N–H and O–H groups in total. The van der Waals surface area contributed by atoms with Gasteiger partial charge in [-0.05, 0) is 113 Å². The van der Waals surface area contributed by atoms with Crippen LogP contribution in [-0.2, 0) is 11.2 Å². The molecular formula is C37H51N9O2. The van der Waals surface area contributed by atoms with Gasteiger partial charge in [0.15, 0.2) is 17.3 Å². The van der Waals surface area contributed by atoms with E-state index in [1.165, 1.54) is 63.1 Å². The van der Waals surface area contributed by atoms with Crippen LogP contribution in [-0.4, -0.2) is 102 Å². The third-order valence-electron chi connectivity index (χ3n) is 11.0. The molecule has 11 heteroatoms. The molecule has 3 aromatic rings. The molecule has 0 aliphatic carbocycles. The normalized spacial score (nSPS) is 20.9. The summed E-state index contributed by atoms with van der Waals surface area (Å²) >= 11 is 0. The Morgan fingerprint density at radius 1 is 1.00 bits per heavy atom. The maximum Gasteiger partial charge on any atom is 0.271 e. The molecule has 4 aliphatic heterocycles. The van der Waals surface area contributed by atoms with E-state index < -0.39 is 5.91 Å². The van der Waals surface area contributed by atoms with Crippen molar-refractivity contribution in [1.82, 2.24) is 24.8 Å². The van der Waals surface area contributed by atoms with Crippen LogP contribution in [0.4, 0.5) is 23.0 Å². The molecule has 11 nitrogen and oxygen atoms in total. The van der Waals surface area contributed by atoms with E-state index >= 15 is 0 Å². The Morgan fingerprint density at radius 3 is 2.42 bits per heavy atom. The van der Waals surface area contributed by atoms with Crippen molar-refractivity contribution in [2.45, 2.75) is 70.9 Å². The second-order valence-corrected chi connectivity index (χ2v) is 14.4. The number of nitrogens with two attached hydrogens (primary N) is 1. The quantitative estimate of drug-likeness (QED) is 0.296. The Hall–Kier alpha value is -3.80. The Balaban J connectivity index is 1.08. The summed E-state index contributed by atoms with van der Waals surface area (Å²) in [6, 6.07) is 11.2. The summed E-state index contributed by atoms with van der Waals surface area (Å²) in [6.07, 6.45) is 9.50. The predicted molar refractivity (Wildman–Crippen MR) is 191 cm³/mol. The SMILES string of the molecule is CCc1cc(Nc2nc(NC3CCOCC3)c(-c3ccnc(C)c3)nc2C(N)=O)ccc1N1CCC(N2CCC3(CC2)CN(C)C3)CC1. The fraction of sp³-hybridized carbons (Fsp3) is 0.568. The molecule has 1 spiro atoms. The summed E-state index contributed by atoms with van der Waals surface area (Å²) in [6.45, 7) is 12.7. The van der Waals surface area contributed by atoms with Crippen LogP contribution >= 0.6 is 0 Å². The van der Waals surface area contributed by atoms with Gasteiger partial charge in [-0.1, -0.05) is 6.92 Å². The zero-order chi connectivity index (χ0) is 33.3. The van der Waals surface area contributed by atoms with Crippen LogP contribution in [0, 0.1) is 12.3 Å². The second kappa shape index (κ2) is 14.0. The third kappa shape index (κ3) is 6.99. The third-order valence-corrected chi connectivity index (χ3v) is 11.0. The number of aromatic nitrogens is 3. The first-order valence-electron chi connectivity index (χ1n) is 17.9. The van der Waals surface area contributed by atoms with Crippen LogP contribution in [0.2, 0.25) is 0 Å². The van der Waals surface area contributed by atoms with Gasteiger partial charge in [-0.15, -0.1) is 0 Å². The molecule has 7 rings (SSSR count). The number of carbonyl (C=O) groups is 1. The zero-order valence-corrected chi connectivity index (χ0v) is 28.8. The molecule has 48 heavy (non-hydrogen) atoms. The molecule has 4 saturated heterocycles. The molecule has 1 aromatic carbocycles. The number of carbonyl (C=O) groups excluding carboxylic acids is 1. The molecule has 0 radical (unpaired) electrons. The highest BCUT2D eigenvalue weighted by molar-refractivity contribution is 5.97. The Kier molecular flexibility index (Phi) is 9.53. The Bertz CT molecular complexity index is 1600. The largest absolute Gasteiger partial charge is 0.381 e. The molecule has 2 aromatic heterocycles. The molecule has 256 valence electrons. The number of benzene rings is 1. The number of ether oxygens (including phenoxy) is 1. The lowest BCUT2D eigenvalue weighted by Crippen LogP contribution is -2.60. The highest BCUT2D eigenvalue weighted by Crippen LogP contribution is 2.41. The van der Waals surface area contributed by atoms with E-state index in [1.807, 2.05) is 19.1 Å². The van der Waals surface area contributed by atoms with E-state index in [0.717, 1.165) is 49.3 Å². The van der Waals surface area contributed by atoms with Gasteiger partial charge >= 0.3 is 0 Å². The van der Waals surface area contributed by atoms with Crippen LogP contribution in [0.25, 0.3) is 11.3 Å². The minimum atomic E-state index is -0.631. The highest BCUT2D eigenvalue weighted by Gasteiger charge is 2.44. The maximum atomic E-state index is 12.8. The van der Waals surface area contributed by atoms with Crippen molar-refractivity contribution in [3.63, 3.8) is 0 Å². The van der Waals surface area contributed by atoms with Gasteiger partial charge in [0.2, 0.25) is 0 Å². The summed E-state index contributed by atoms with van der Waals surface area (Å²) in [5.41, 5.74) is 12.3. The minimum absolute atomic E-state index is 0.106. The topological polar surface area (TPSA) is 125 Å². The fourth-order valence-electron chi connectivity index (χ4n) is 8.37. The van der Waals surface area contributed by atoms with Crippen molar-refractivity contribution in [3.05, 3.63) is 53.5 Å². The summed E-state index contributed by atoms with van der Waals surface area (Å²) in [4.78, 5) is 34.7. The van der Waals surface area contributed by atoms with E-state index in [0.29, 0.717) is 42.0 Å². The van der Waals surface area contributed by atoms with E-state index in [1.54, 1.807) is 6.20 Å². The Labute approximate surface area is 284 Å². The van der Waals surface area contributed by atoms with Gasteiger partial charge in [0.1, 0.15) is 5.69 Å². The lowest BCUT2D eigenvalue weighted by atomic mass is 9.72. The van der Waals surface area contributed by atoms with Crippen LogP contribution in [0.5, 0.6) is 0 Å². The molecular weight excluding hydrogens is 602 g/mol. The number of pyridine rings is 1. The minimum Gasteiger partial charge on any atom is -0.381 e. The number of hydrogen-bond donors (Lipinski definition) is 3. The summed E-state index contributed by atoms with van der Waals surface area (Å²) in [5.74, 6) is 0.326. The fourth-order valence-corrected chi connectivity index (χ4v) is 8.37. The molecule has 6 heterocycles. The summed E-state index contributed by atoms with van der Waals surface area (Å²) < 4.78 is 5.58. The van der Waals surface area contributed by atoms with Crippen LogP contribution in [0.3, 0.4) is 0 Å². The van der Waals surface area contributed by atoms with Gasteiger partial charge < -0.3 is 35.8 Å².